The lowest BCUT2D eigenvalue weighted by Gasteiger charge is -2.24. The first-order chi connectivity index (χ1) is 21.8. The SMILES string of the molecule is CC(c1oc2cccc(F)c2c(=O)c1-c1cccc(F)c1)n1nc(-c2cccc(F)c2OC2CCOCC2)c2c(N)ncnc21. The molecule has 1 aliphatic rings. The van der Waals surface area contributed by atoms with Gasteiger partial charge in [0, 0.05) is 18.4 Å². The molecule has 1 atom stereocenters. The number of para-hydroxylation sites is 1. The van der Waals surface area contributed by atoms with Crippen LogP contribution in [0.5, 0.6) is 5.75 Å². The number of nitrogens with two attached hydrogens (primary N) is 1. The minimum atomic E-state index is -0.873. The monoisotopic (exact) mass is 613 g/mol. The van der Waals surface area contributed by atoms with Crippen molar-refractivity contribution < 1.29 is 27.1 Å². The first-order valence-electron chi connectivity index (χ1n) is 14.3. The summed E-state index contributed by atoms with van der Waals surface area (Å²) < 4.78 is 64.0. The Bertz CT molecular complexity index is 2140. The minimum absolute atomic E-state index is 0.0000169. The summed E-state index contributed by atoms with van der Waals surface area (Å²) in [5, 5.41) is 4.89. The molecule has 2 N–H and O–H groups in total. The number of nitrogen functional groups attached to an aromatic ring is 1. The molecule has 1 aliphatic heterocycles. The van der Waals surface area contributed by atoms with Crippen LogP contribution in [0, 0.1) is 17.5 Å². The summed E-state index contributed by atoms with van der Waals surface area (Å²) >= 11 is 0. The van der Waals surface area contributed by atoms with E-state index in [2.05, 4.69) is 9.97 Å². The van der Waals surface area contributed by atoms with Crippen molar-refractivity contribution in [3.63, 3.8) is 0 Å². The average Bonchev–Trinajstić information content (AvgIpc) is 3.43. The standard InChI is InChI=1S/C33H26F3N5O4/c1-17(30-25(18-5-2-6-19(34)15-18)29(42)26-22(35)8-4-10-24(26)45-30)41-33-27(32(37)38-16-39-33)28(40-41)21-7-3-9-23(36)31(21)44-20-11-13-43-14-12-20/h2-10,15-17,20H,11-14H2,1H3,(H2,37,38,39). The Kier molecular flexibility index (Phi) is 7.20. The van der Waals surface area contributed by atoms with E-state index in [1.807, 2.05) is 0 Å². The molecule has 12 heteroatoms. The van der Waals surface area contributed by atoms with Crippen molar-refractivity contribution >= 4 is 27.8 Å². The van der Waals surface area contributed by atoms with Crippen LogP contribution in [-0.2, 0) is 4.74 Å². The van der Waals surface area contributed by atoms with Gasteiger partial charge in [0.25, 0.3) is 0 Å². The molecule has 228 valence electrons. The van der Waals surface area contributed by atoms with Crippen molar-refractivity contribution in [1.82, 2.24) is 19.7 Å². The number of nitrogens with zero attached hydrogens (tertiary/aromatic N) is 4. The minimum Gasteiger partial charge on any atom is -0.486 e. The van der Waals surface area contributed by atoms with Gasteiger partial charge in [0.2, 0.25) is 5.43 Å². The van der Waals surface area contributed by atoms with Gasteiger partial charge in [0.15, 0.2) is 17.2 Å². The summed E-state index contributed by atoms with van der Waals surface area (Å²) in [6.45, 7) is 2.70. The maximum absolute atomic E-state index is 15.4. The van der Waals surface area contributed by atoms with Crippen LogP contribution in [0.15, 0.2) is 76.2 Å². The van der Waals surface area contributed by atoms with Crippen molar-refractivity contribution in [2.75, 3.05) is 18.9 Å². The fourth-order valence-electron chi connectivity index (χ4n) is 5.77. The molecule has 3 aromatic heterocycles. The van der Waals surface area contributed by atoms with E-state index in [4.69, 9.17) is 24.7 Å². The van der Waals surface area contributed by atoms with Crippen LogP contribution in [0.4, 0.5) is 19.0 Å². The summed E-state index contributed by atoms with van der Waals surface area (Å²) in [7, 11) is 0. The van der Waals surface area contributed by atoms with Crippen LogP contribution in [0.25, 0.3) is 44.4 Å². The Labute approximate surface area is 254 Å². The second kappa shape index (κ2) is 11.4. The molecule has 1 saturated heterocycles. The zero-order valence-corrected chi connectivity index (χ0v) is 24.0. The molecular weight excluding hydrogens is 587 g/mol. The van der Waals surface area contributed by atoms with E-state index in [0.29, 0.717) is 37.0 Å². The molecule has 3 aromatic carbocycles. The van der Waals surface area contributed by atoms with Crippen LogP contribution in [0.2, 0.25) is 0 Å². The molecule has 1 unspecified atom stereocenters. The first kappa shape index (κ1) is 28.5. The van der Waals surface area contributed by atoms with Gasteiger partial charge >= 0.3 is 0 Å². The Hall–Kier alpha value is -5.23. The third-order valence-corrected chi connectivity index (χ3v) is 7.95. The van der Waals surface area contributed by atoms with Gasteiger partial charge in [-0.15, -0.1) is 0 Å². The summed E-state index contributed by atoms with van der Waals surface area (Å²) in [6, 6.07) is 13.1. The highest BCUT2D eigenvalue weighted by Gasteiger charge is 2.29. The Morgan fingerprint density at radius 2 is 1.73 bits per heavy atom. The van der Waals surface area contributed by atoms with Crippen molar-refractivity contribution in [3.8, 4) is 28.1 Å². The number of ether oxygens (including phenoxy) is 2. The van der Waals surface area contributed by atoms with Crippen LogP contribution in [-0.4, -0.2) is 39.1 Å². The summed E-state index contributed by atoms with van der Waals surface area (Å²) in [5.41, 5.74) is 6.68. The zero-order chi connectivity index (χ0) is 31.2. The highest BCUT2D eigenvalue weighted by atomic mass is 19.1. The second-order valence-electron chi connectivity index (χ2n) is 10.8. The third-order valence-electron chi connectivity index (χ3n) is 7.95. The van der Waals surface area contributed by atoms with Crippen LogP contribution >= 0.6 is 0 Å². The van der Waals surface area contributed by atoms with Crippen LogP contribution in [0.1, 0.15) is 31.6 Å². The fraction of sp³-hybridized carbons (Fsp3) is 0.212. The average molecular weight is 614 g/mol. The number of aromatic nitrogens is 4. The van der Waals surface area contributed by atoms with Crippen molar-refractivity contribution in [2.24, 2.45) is 0 Å². The Balaban J connectivity index is 1.46. The fourth-order valence-corrected chi connectivity index (χ4v) is 5.77. The number of hydrogen-bond donors (Lipinski definition) is 1. The molecular formula is C33H26F3N5O4. The highest BCUT2D eigenvalue weighted by Crippen LogP contribution is 2.40. The first-order valence-corrected chi connectivity index (χ1v) is 14.3. The lowest BCUT2D eigenvalue weighted by Crippen LogP contribution is -2.26. The van der Waals surface area contributed by atoms with Crippen LogP contribution < -0.4 is 15.9 Å². The molecule has 45 heavy (non-hydrogen) atoms. The summed E-state index contributed by atoms with van der Waals surface area (Å²) in [6.07, 6.45) is 2.18. The maximum Gasteiger partial charge on any atom is 0.203 e. The van der Waals surface area contributed by atoms with Crippen molar-refractivity contribution in [1.29, 1.82) is 0 Å². The largest absolute Gasteiger partial charge is 0.486 e. The molecule has 6 aromatic rings. The van der Waals surface area contributed by atoms with Gasteiger partial charge in [-0.2, -0.15) is 5.10 Å². The molecule has 7 rings (SSSR count). The third kappa shape index (κ3) is 4.96. The van der Waals surface area contributed by atoms with E-state index >= 15 is 4.39 Å². The molecule has 0 spiro atoms. The quantitative estimate of drug-likeness (QED) is 0.228. The lowest BCUT2D eigenvalue weighted by atomic mass is 9.99. The van der Waals surface area contributed by atoms with Gasteiger partial charge in [0.05, 0.1) is 24.2 Å². The molecule has 0 aliphatic carbocycles. The van der Waals surface area contributed by atoms with E-state index in [1.165, 1.54) is 59.5 Å². The molecule has 4 heterocycles. The second-order valence-corrected chi connectivity index (χ2v) is 10.8. The van der Waals surface area contributed by atoms with E-state index in [0.717, 1.165) is 6.07 Å². The number of rotatable bonds is 6. The summed E-state index contributed by atoms with van der Waals surface area (Å²) in [4.78, 5) is 22.5. The summed E-state index contributed by atoms with van der Waals surface area (Å²) in [5.74, 6) is -1.78. The molecule has 1 fully saturated rings. The predicted molar refractivity (Wildman–Crippen MR) is 161 cm³/mol. The number of halogens is 3. The molecule has 0 saturated carbocycles. The van der Waals surface area contributed by atoms with Gasteiger partial charge in [0.1, 0.15) is 58.3 Å². The maximum atomic E-state index is 15.4. The van der Waals surface area contributed by atoms with Gasteiger partial charge in [-0.25, -0.2) is 27.8 Å². The Morgan fingerprint density at radius 1 is 0.978 bits per heavy atom. The van der Waals surface area contributed by atoms with Crippen molar-refractivity contribution in [2.45, 2.75) is 31.9 Å². The van der Waals surface area contributed by atoms with Crippen LogP contribution in [0.3, 0.4) is 0 Å². The highest BCUT2D eigenvalue weighted by molar-refractivity contribution is 5.99. The number of anilines is 1. The van der Waals surface area contributed by atoms with E-state index in [-0.39, 0.29) is 56.9 Å². The molecule has 9 nitrogen and oxygen atoms in total. The number of benzene rings is 3. The topological polar surface area (TPSA) is 118 Å². The van der Waals surface area contributed by atoms with Gasteiger partial charge in [-0.3, -0.25) is 4.79 Å². The molecule has 0 bridgehead atoms. The molecule has 0 amide bonds. The zero-order valence-electron chi connectivity index (χ0n) is 24.0. The van der Waals surface area contributed by atoms with Gasteiger partial charge in [-0.1, -0.05) is 24.3 Å². The number of fused-ring (bicyclic) bond motifs is 2. The smallest absolute Gasteiger partial charge is 0.203 e. The number of hydrogen-bond acceptors (Lipinski definition) is 8. The van der Waals surface area contributed by atoms with Gasteiger partial charge < -0.3 is 19.6 Å². The van der Waals surface area contributed by atoms with E-state index in [1.54, 1.807) is 13.0 Å². The molecule has 0 radical (unpaired) electrons. The Morgan fingerprint density at radius 3 is 2.53 bits per heavy atom. The van der Waals surface area contributed by atoms with Crippen molar-refractivity contribution in [3.05, 3.63) is 100 Å². The van der Waals surface area contributed by atoms with E-state index < -0.39 is 28.9 Å². The predicted octanol–water partition coefficient (Wildman–Crippen LogP) is 6.43. The normalized spacial score (nSPS) is 14.7. The van der Waals surface area contributed by atoms with E-state index in [9.17, 15) is 13.6 Å². The van der Waals surface area contributed by atoms with Gasteiger partial charge in [-0.05, 0) is 48.9 Å². The lowest BCUT2D eigenvalue weighted by molar-refractivity contribution is 0.0243.